The summed E-state index contributed by atoms with van der Waals surface area (Å²) in [7, 11) is 0. The fourth-order valence-electron chi connectivity index (χ4n) is 2.19. The van der Waals surface area contributed by atoms with Gasteiger partial charge in [-0.05, 0) is 40.8 Å². The fraction of sp³-hybridized carbons (Fsp3) is 0.583. The molecular weight excluding hydrogens is 286 g/mol. The molecule has 1 fully saturated rings. The molecule has 0 saturated carbocycles. The number of hydrogen-bond acceptors (Lipinski definition) is 2. The van der Waals surface area contributed by atoms with Gasteiger partial charge in [-0.15, -0.1) is 11.3 Å². The Bertz CT molecular complexity index is 377. The minimum absolute atomic E-state index is 0.195. The largest absolute Gasteiger partial charge is 0.338 e. The van der Waals surface area contributed by atoms with Crippen molar-refractivity contribution in [2.24, 2.45) is 5.92 Å². The van der Waals surface area contributed by atoms with Gasteiger partial charge in [-0.3, -0.25) is 4.79 Å². The molecule has 0 aromatic carbocycles. The Morgan fingerprint density at radius 1 is 1.69 bits per heavy atom. The topological polar surface area (TPSA) is 20.3 Å². The molecule has 4 heteroatoms. The van der Waals surface area contributed by atoms with Gasteiger partial charge < -0.3 is 4.90 Å². The van der Waals surface area contributed by atoms with Crippen LogP contribution in [0.5, 0.6) is 0 Å². The van der Waals surface area contributed by atoms with Gasteiger partial charge in [-0.25, -0.2) is 0 Å². The minimum atomic E-state index is 0.195. The van der Waals surface area contributed by atoms with Crippen molar-refractivity contribution in [1.82, 2.24) is 4.90 Å². The molecular formula is C12H16BrNOS. The van der Waals surface area contributed by atoms with Gasteiger partial charge in [-0.1, -0.05) is 13.3 Å². The van der Waals surface area contributed by atoms with Gasteiger partial charge in [0.25, 0.3) is 5.91 Å². The van der Waals surface area contributed by atoms with Crippen molar-refractivity contribution in [2.75, 3.05) is 13.1 Å². The lowest BCUT2D eigenvalue weighted by molar-refractivity contribution is 0.0672. The van der Waals surface area contributed by atoms with Crippen LogP contribution in [-0.2, 0) is 0 Å². The highest BCUT2D eigenvalue weighted by Crippen LogP contribution is 2.25. The molecule has 1 saturated heterocycles. The van der Waals surface area contributed by atoms with E-state index in [0.717, 1.165) is 28.9 Å². The van der Waals surface area contributed by atoms with Crippen molar-refractivity contribution in [2.45, 2.75) is 26.2 Å². The summed E-state index contributed by atoms with van der Waals surface area (Å²) in [5.41, 5.74) is 0.827. The van der Waals surface area contributed by atoms with Crippen LogP contribution in [0.15, 0.2) is 15.2 Å². The second kappa shape index (κ2) is 5.32. The number of nitrogens with zero attached hydrogens (tertiary/aromatic N) is 1. The Balaban J connectivity index is 2.04. The third kappa shape index (κ3) is 2.66. The summed E-state index contributed by atoms with van der Waals surface area (Å²) in [5, 5.41) is 1.93. The molecule has 0 spiro atoms. The van der Waals surface area contributed by atoms with E-state index in [9.17, 15) is 4.79 Å². The second-order valence-corrected chi connectivity index (χ2v) is 6.60. The van der Waals surface area contributed by atoms with Gasteiger partial charge in [0.15, 0.2) is 0 Å². The van der Waals surface area contributed by atoms with Gasteiger partial charge in [0.05, 0.1) is 9.35 Å². The van der Waals surface area contributed by atoms with Crippen LogP contribution in [-0.4, -0.2) is 23.9 Å². The molecule has 1 unspecified atom stereocenters. The quantitative estimate of drug-likeness (QED) is 0.814. The van der Waals surface area contributed by atoms with Crippen LogP contribution in [0.2, 0.25) is 0 Å². The van der Waals surface area contributed by atoms with Crippen LogP contribution in [0.25, 0.3) is 0 Å². The molecule has 2 nitrogen and oxygen atoms in total. The summed E-state index contributed by atoms with van der Waals surface area (Å²) in [5.74, 6) is 0.889. The number of rotatable bonds is 2. The summed E-state index contributed by atoms with van der Waals surface area (Å²) in [6.07, 6.45) is 3.60. The zero-order chi connectivity index (χ0) is 11.5. The molecule has 1 amide bonds. The number of carbonyl (C=O) groups is 1. The van der Waals surface area contributed by atoms with Gasteiger partial charge >= 0.3 is 0 Å². The van der Waals surface area contributed by atoms with Crippen LogP contribution in [0, 0.1) is 5.92 Å². The van der Waals surface area contributed by atoms with Gasteiger partial charge in [0.1, 0.15) is 0 Å². The Morgan fingerprint density at radius 2 is 2.50 bits per heavy atom. The Morgan fingerprint density at radius 3 is 3.12 bits per heavy atom. The summed E-state index contributed by atoms with van der Waals surface area (Å²) in [6.45, 7) is 4.06. The molecule has 1 aromatic rings. The second-order valence-electron chi connectivity index (χ2n) is 4.31. The van der Waals surface area contributed by atoms with E-state index >= 15 is 0 Å². The van der Waals surface area contributed by atoms with Crippen LogP contribution in [0.1, 0.15) is 36.5 Å². The highest BCUT2D eigenvalue weighted by Gasteiger charge is 2.23. The third-order valence-electron chi connectivity index (χ3n) is 3.20. The highest BCUT2D eigenvalue weighted by molar-refractivity contribution is 9.11. The summed E-state index contributed by atoms with van der Waals surface area (Å²) in [4.78, 5) is 14.2. The van der Waals surface area contributed by atoms with Crippen LogP contribution in [0.4, 0.5) is 0 Å². The first kappa shape index (κ1) is 12.1. The maximum atomic E-state index is 12.2. The van der Waals surface area contributed by atoms with Crippen LogP contribution < -0.4 is 0 Å². The molecule has 0 N–H and O–H groups in total. The average Bonchev–Trinajstić information content (AvgIpc) is 2.75. The predicted octanol–water partition coefficient (Wildman–Crippen LogP) is 3.77. The monoisotopic (exact) mass is 301 g/mol. The number of halogens is 1. The van der Waals surface area contributed by atoms with E-state index < -0.39 is 0 Å². The van der Waals surface area contributed by atoms with E-state index in [0.29, 0.717) is 5.92 Å². The van der Waals surface area contributed by atoms with E-state index in [2.05, 4.69) is 22.9 Å². The van der Waals surface area contributed by atoms with Crippen molar-refractivity contribution in [1.29, 1.82) is 0 Å². The molecule has 2 heterocycles. The van der Waals surface area contributed by atoms with Gasteiger partial charge in [0.2, 0.25) is 0 Å². The Labute approximate surface area is 109 Å². The number of carbonyl (C=O) groups excluding carboxylic acids is 1. The lowest BCUT2D eigenvalue weighted by Crippen LogP contribution is -2.39. The number of thiophene rings is 1. The lowest BCUT2D eigenvalue weighted by atomic mass is 9.95. The van der Waals surface area contributed by atoms with Crippen molar-refractivity contribution >= 4 is 33.2 Å². The molecule has 1 atom stereocenters. The maximum absolute atomic E-state index is 12.2. The Hall–Kier alpha value is -0.350. The first-order valence-corrected chi connectivity index (χ1v) is 7.41. The SMILES string of the molecule is CCC1CCCN(C(=O)c2csc(Br)c2)C1. The maximum Gasteiger partial charge on any atom is 0.254 e. The average molecular weight is 302 g/mol. The van der Waals surface area contributed by atoms with Crippen molar-refractivity contribution in [3.05, 3.63) is 20.8 Å². The molecule has 2 rings (SSSR count). The van der Waals surface area contributed by atoms with E-state index in [1.54, 1.807) is 11.3 Å². The number of amides is 1. The molecule has 88 valence electrons. The van der Waals surface area contributed by atoms with Crippen molar-refractivity contribution in [3.63, 3.8) is 0 Å². The standard InChI is InChI=1S/C12H16BrNOS/c1-2-9-4-3-5-14(7-9)12(15)10-6-11(13)16-8-10/h6,8-9H,2-5,7H2,1H3. The zero-order valence-corrected chi connectivity index (χ0v) is 11.8. The summed E-state index contributed by atoms with van der Waals surface area (Å²) >= 11 is 4.97. The normalized spacial score (nSPS) is 21.1. The highest BCUT2D eigenvalue weighted by atomic mass is 79.9. The first-order valence-electron chi connectivity index (χ1n) is 5.74. The number of piperidine rings is 1. The summed E-state index contributed by atoms with van der Waals surface area (Å²) < 4.78 is 1.03. The minimum Gasteiger partial charge on any atom is -0.338 e. The van der Waals surface area contributed by atoms with Crippen LogP contribution >= 0.6 is 27.3 Å². The van der Waals surface area contributed by atoms with E-state index in [-0.39, 0.29) is 5.91 Å². The van der Waals surface area contributed by atoms with Gasteiger partial charge in [-0.2, -0.15) is 0 Å². The fourth-order valence-corrected chi connectivity index (χ4v) is 3.32. The molecule has 0 bridgehead atoms. The third-order valence-corrected chi connectivity index (χ3v) is 4.70. The zero-order valence-electron chi connectivity index (χ0n) is 9.41. The van der Waals surface area contributed by atoms with Crippen molar-refractivity contribution in [3.8, 4) is 0 Å². The van der Waals surface area contributed by atoms with Gasteiger partial charge in [0, 0.05) is 18.5 Å². The molecule has 16 heavy (non-hydrogen) atoms. The smallest absolute Gasteiger partial charge is 0.254 e. The molecule has 0 radical (unpaired) electrons. The van der Waals surface area contributed by atoms with E-state index in [1.165, 1.54) is 12.8 Å². The lowest BCUT2D eigenvalue weighted by Gasteiger charge is -2.32. The molecule has 1 aromatic heterocycles. The summed E-state index contributed by atoms with van der Waals surface area (Å²) in [6, 6.07) is 1.92. The van der Waals surface area contributed by atoms with Crippen LogP contribution in [0.3, 0.4) is 0 Å². The molecule has 1 aliphatic heterocycles. The van der Waals surface area contributed by atoms with E-state index in [1.807, 2.05) is 16.3 Å². The number of likely N-dealkylation sites (tertiary alicyclic amines) is 1. The van der Waals surface area contributed by atoms with E-state index in [4.69, 9.17) is 0 Å². The molecule has 0 aliphatic carbocycles. The molecule has 1 aliphatic rings. The van der Waals surface area contributed by atoms with Crippen molar-refractivity contribution < 1.29 is 4.79 Å². The number of hydrogen-bond donors (Lipinski definition) is 0. The first-order chi connectivity index (χ1) is 7.70. The Kier molecular flexibility index (Phi) is 4.03. The predicted molar refractivity (Wildman–Crippen MR) is 70.9 cm³/mol.